The number of hydrogen-bond donors (Lipinski definition) is 1. The second-order valence-corrected chi connectivity index (χ2v) is 4.12. The molecule has 0 aliphatic heterocycles. The fourth-order valence-corrected chi connectivity index (χ4v) is 1.66. The van der Waals surface area contributed by atoms with Crippen LogP contribution in [-0.4, -0.2) is 16.8 Å². The molecule has 0 bridgehead atoms. The van der Waals surface area contributed by atoms with Gasteiger partial charge >= 0.3 is 0 Å². The Balaban J connectivity index is 3.08. The number of carbonyl (C=O) groups is 2. The Hall–Kier alpha value is -0.800. The van der Waals surface area contributed by atoms with Gasteiger partial charge in [-0.05, 0) is 18.5 Å². The van der Waals surface area contributed by atoms with E-state index in [1.54, 1.807) is 30.3 Å². The smallest absolute Gasteiger partial charge is 0.236 e. The topological polar surface area (TPSA) is 34.1 Å². The van der Waals surface area contributed by atoms with Crippen LogP contribution in [0.3, 0.4) is 0 Å². The molecule has 0 aliphatic carbocycles. The van der Waals surface area contributed by atoms with Crippen LogP contribution < -0.4 is 0 Å². The first kappa shape index (κ1) is 12.3. The van der Waals surface area contributed by atoms with Crippen molar-refractivity contribution in [2.75, 3.05) is 5.75 Å². The van der Waals surface area contributed by atoms with Gasteiger partial charge in [0, 0.05) is 11.3 Å². The second kappa shape index (κ2) is 4.81. The average Bonchev–Trinajstić information content (AvgIpc) is 2.28. The van der Waals surface area contributed by atoms with Crippen molar-refractivity contribution in [3.63, 3.8) is 0 Å². The number of hydrogen-bond acceptors (Lipinski definition) is 3. The maximum atomic E-state index is 12.0. The number of rotatable bonds is 4. The Bertz CT molecular complexity index is 377. The Morgan fingerprint density at radius 3 is 2.27 bits per heavy atom. The van der Waals surface area contributed by atoms with Gasteiger partial charge in [-0.15, -0.1) is 0 Å². The predicted octanol–water partition coefficient (Wildman–Crippen LogP) is 2.57. The van der Waals surface area contributed by atoms with Crippen molar-refractivity contribution in [2.45, 2.75) is 6.92 Å². The summed E-state index contributed by atoms with van der Waals surface area (Å²) in [6, 6.07) is 8.60. The van der Waals surface area contributed by atoms with Crippen molar-refractivity contribution in [1.82, 2.24) is 0 Å². The number of carbonyl (C=O) groups excluding carboxylic acids is 2. The van der Waals surface area contributed by atoms with E-state index in [2.05, 4.69) is 12.6 Å². The summed E-state index contributed by atoms with van der Waals surface area (Å²) in [5.41, 5.74) is -0.769. The zero-order valence-electron chi connectivity index (χ0n) is 8.24. The molecule has 0 saturated carbocycles. The fraction of sp³-hybridized carbons (Fsp3) is 0.273. The van der Waals surface area contributed by atoms with Gasteiger partial charge in [0.1, 0.15) is 5.41 Å². The minimum absolute atomic E-state index is 0.100. The van der Waals surface area contributed by atoms with Crippen molar-refractivity contribution >= 4 is 35.3 Å². The van der Waals surface area contributed by atoms with E-state index in [4.69, 9.17) is 11.6 Å². The highest BCUT2D eigenvalue weighted by atomic mass is 35.5. The van der Waals surface area contributed by atoms with Crippen LogP contribution in [0.5, 0.6) is 0 Å². The first-order valence-electron chi connectivity index (χ1n) is 4.43. The van der Waals surface area contributed by atoms with Gasteiger partial charge in [-0.3, -0.25) is 9.59 Å². The van der Waals surface area contributed by atoms with Crippen LogP contribution >= 0.6 is 24.2 Å². The van der Waals surface area contributed by atoms with Gasteiger partial charge in [-0.25, -0.2) is 0 Å². The Labute approximate surface area is 99.0 Å². The van der Waals surface area contributed by atoms with Crippen LogP contribution in [0, 0.1) is 5.41 Å². The van der Waals surface area contributed by atoms with Crippen LogP contribution in [0.4, 0.5) is 0 Å². The predicted molar refractivity (Wildman–Crippen MR) is 63.6 cm³/mol. The highest BCUT2D eigenvalue weighted by Gasteiger charge is 2.38. The number of thiol groups is 1. The summed E-state index contributed by atoms with van der Waals surface area (Å²) in [4.78, 5) is 23.2. The molecule has 0 fully saturated rings. The fourth-order valence-electron chi connectivity index (χ4n) is 1.13. The molecule has 0 saturated heterocycles. The minimum atomic E-state index is -1.24. The maximum Gasteiger partial charge on any atom is 0.236 e. The van der Waals surface area contributed by atoms with E-state index in [0.717, 1.165) is 0 Å². The molecule has 0 N–H and O–H groups in total. The Morgan fingerprint density at radius 1 is 1.33 bits per heavy atom. The third-order valence-electron chi connectivity index (χ3n) is 2.29. The van der Waals surface area contributed by atoms with E-state index in [1.165, 1.54) is 6.92 Å². The Kier molecular flexibility index (Phi) is 3.94. The standard InChI is InChI=1S/C11H11ClO2S/c1-11(7-15,10(12)14)9(13)8-5-3-2-4-6-8/h2-6,15H,7H2,1H3/t11-/m1/s1. The lowest BCUT2D eigenvalue weighted by atomic mass is 9.85. The zero-order valence-corrected chi connectivity index (χ0v) is 9.89. The molecule has 1 rings (SSSR count). The van der Waals surface area contributed by atoms with E-state index in [9.17, 15) is 9.59 Å². The number of halogens is 1. The summed E-state index contributed by atoms with van der Waals surface area (Å²) in [6.07, 6.45) is 0. The lowest BCUT2D eigenvalue weighted by molar-refractivity contribution is -0.116. The normalized spacial score (nSPS) is 14.3. The van der Waals surface area contributed by atoms with Gasteiger partial charge in [0.25, 0.3) is 0 Å². The molecule has 0 heterocycles. The summed E-state index contributed by atoms with van der Waals surface area (Å²) in [7, 11) is 0. The molecule has 4 heteroatoms. The summed E-state index contributed by atoms with van der Waals surface area (Å²) in [5, 5.41) is -0.675. The van der Waals surface area contributed by atoms with Crippen LogP contribution in [-0.2, 0) is 4.79 Å². The largest absolute Gasteiger partial charge is 0.293 e. The third kappa shape index (κ3) is 2.41. The molecule has 0 aromatic heterocycles. The van der Waals surface area contributed by atoms with Crippen molar-refractivity contribution in [3.05, 3.63) is 35.9 Å². The Morgan fingerprint density at radius 2 is 1.87 bits per heavy atom. The molecule has 15 heavy (non-hydrogen) atoms. The zero-order chi connectivity index (χ0) is 11.5. The first-order chi connectivity index (χ1) is 7.02. The molecule has 0 amide bonds. The van der Waals surface area contributed by atoms with E-state index in [0.29, 0.717) is 5.56 Å². The van der Waals surface area contributed by atoms with E-state index >= 15 is 0 Å². The van der Waals surface area contributed by atoms with Gasteiger partial charge in [0.2, 0.25) is 5.24 Å². The molecule has 0 unspecified atom stereocenters. The molecular weight excluding hydrogens is 232 g/mol. The molecule has 0 radical (unpaired) electrons. The maximum absolute atomic E-state index is 12.0. The molecule has 80 valence electrons. The van der Waals surface area contributed by atoms with Gasteiger partial charge in [-0.1, -0.05) is 30.3 Å². The van der Waals surface area contributed by atoms with Crippen molar-refractivity contribution in [1.29, 1.82) is 0 Å². The first-order valence-corrected chi connectivity index (χ1v) is 5.44. The molecule has 0 aliphatic rings. The molecular formula is C11H11ClO2S. The molecule has 1 atom stereocenters. The van der Waals surface area contributed by atoms with Gasteiger partial charge in [-0.2, -0.15) is 12.6 Å². The number of Topliss-reactive ketones (excluding diaryl/α,β-unsaturated/α-hetero) is 1. The summed E-state index contributed by atoms with van der Waals surface area (Å²) < 4.78 is 0. The highest BCUT2D eigenvalue weighted by Crippen LogP contribution is 2.27. The van der Waals surface area contributed by atoms with Crippen molar-refractivity contribution in [3.8, 4) is 0 Å². The van der Waals surface area contributed by atoms with Gasteiger partial charge < -0.3 is 0 Å². The van der Waals surface area contributed by atoms with Crippen LogP contribution in [0.25, 0.3) is 0 Å². The molecule has 1 aromatic rings. The summed E-state index contributed by atoms with van der Waals surface area (Å²) >= 11 is 9.43. The number of ketones is 1. The lowest BCUT2D eigenvalue weighted by Gasteiger charge is -2.21. The number of benzene rings is 1. The average molecular weight is 243 g/mol. The van der Waals surface area contributed by atoms with Crippen LogP contribution in [0.2, 0.25) is 0 Å². The third-order valence-corrected chi connectivity index (χ3v) is 3.34. The highest BCUT2D eigenvalue weighted by molar-refractivity contribution is 7.80. The minimum Gasteiger partial charge on any atom is -0.293 e. The van der Waals surface area contributed by atoms with E-state index < -0.39 is 10.7 Å². The molecule has 1 aromatic carbocycles. The van der Waals surface area contributed by atoms with Gasteiger partial charge in [0.05, 0.1) is 0 Å². The molecule has 2 nitrogen and oxygen atoms in total. The van der Waals surface area contributed by atoms with Crippen LogP contribution in [0.15, 0.2) is 30.3 Å². The SMILES string of the molecule is C[C@](CS)(C(=O)Cl)C(=O)c1ccccc1. The monoisotopic (exact) mass is 242 g/mol. The van der Waals surface area contributed by atoms with Crippen LogP contribution in [0.1, 0.15) is 17.3 Å². The second-order valence-electron chi connectivity index (χ2n) is 3.46. The van der Waals surface area contributed by atoms with E-state index in [-0.39, 0.29) is 11.5 Å². The summed E-state index contributed by atoms with van der Waals surface area (Å²) in [5.74, 6) is -0.193. The summed E-state index contributed by atoms with van der Waals surface area (Å²) in [6.45, 7) is 1.50. The van der Waals surface area contributed by atoms with Crippen molar-refractivity contribution < 1.29 is 9.59 Å². The quantitative estimate of drug-likeness (QED) is 0.381. The van der Waals surface area contributed by atoms with E-state index in [1.807, 2.05) is 0 Å². The van der Waals surface area contributed by atoms with Gasteiger partial charge in [0.15, 0.2) is 5.78 Å². The molecule has 0 spiro atoms. The van der Waals surface area contributed by atoms with Crippen molar-refractivity contribution in [2.24, 2.45) is 5.41 Å². The lowest BCUT2D eigenvalue weighted by Crippen LogP contribution is -2.35.